The predicted molar refractivity (Wildman–Crippen MR) is 98.6 cm³/mol. The lowest BCUT2D eigenvalue weighted by Gasteiger charge is -2.05. The highest BCUT2D eigenvalue weighted by Gasteiger charge is 2.14. The van der Waals surface area contributed by atoms with Crippen LogP contribution in [-0.2, 0) is 0 Å². The van der Waals surface area contributed by atoms with E-state index in [1.54, 1.807) is 13.2 Å². The fourth-order valence-corrected chi connectivity index (χ4v) is 2.65. The molecule has 124 valence electrons. The zero-order chi connectivity index (χ0) is 17.8. The predicted octanol–water partition coefficient (Wildman–Crippen LogP) is 4.88. The number of aromatic nitrogens is 2. The number of aryl methyl sites for hydroxylation is 1. The number of benzene rings is 2. The minimum absolute atomic E-state index is 0.167. The Labute approximate surface area is 153 Å². The molecule has 0 saturated heterocycles. The van der Waals surface area contributed by atoms with Crippen LogP contribution in [0.15, 0.2) is 51.5 Å². The average molecular weight is 396 g/mol. The topological polar surface area (TPSA) is 71.9 Å². The summed E-state index contributed by atoms with van der Waals surface area (Å²) in [6.07, 6.45) is 1.66. The highest BCUT2D eigenvalue weighted by Crippen LogP contribution is 2.28. The van der Waals surface area contributed by atoms with Gasteiger partial charge in [-0.05, 0) is 31.2 Å². The van der Waals surface area contributed by atoms with Crippen molar-refractivity contribution in [1.82, 2.24) is 10.1 Å². The molecule has 0 aliphatic rings. The van der Waals surface area contributed by atoms with E-state index in [1.807, 2.05) is 49.4 Å². The van der Waals surface area contributed by atoms with Crippen molar-refractivity contribution < 1.29 is 9.26 Å². The van der Waals surface area contributed by atoms with E-state index in [9.17, 15) is 5.26 Å². The molecule has 2 aromatic carbocycles. The second-order valence-electron chi connectivity index (χ2n) is 5.35. The van der Waals surface area contributed by atoms with Crippen molar-refractivity contribution >= 4 is 27.6 Å². The summed E-state index contributed by atoms with van der Waals surface area (Å²) in [5, 5.41) is 13.5. The highest BCUT2D eigenvalue weighted by atomic mass is 79.9. The van der Waals surface area contributed by atoms with E-state index >= 15 is 0 Å². The molecule has 5 nitrogen and oxygen atoms in total. The van der Waals surface area contributed by atoms with Gasteiger partial charge in [0, 0.05) is 15.6 Å². The van der Waals surface area contributed by atoms with Gasteiger partial charge in [0.15, 0.2) is 0 Å². The molecule has 0 atom stereocenters. The first-order valence-corrected chi connectivity index (χ1v) is 8.26. The summed E-state index contributed by atoms with van der Waals surface area (Å²) in [5.41, 5.74) is 2.98. The molecular formula is C19H14BrN3O2. The molecule has 1 heterocycles. The summed E-state index contributed by atoms with van der Waals surface area (Å²) in [4.78, 5) is 4.33. The van der Waals surface area contributed by atoms with Crippen LogP contribution < -0.4 is 4.74 Å². The van der Waals surface area contributed by atoms with E-state index in [2.05, 4.69) is 32.1 Å². The van der Waals surface area contributed by atoms with E-state index in [4.69, 9.17) is 9.26 Å². The number of nitriles is 1. The third-order valence-electron chi connectivity index (χ3n) is 3.58. The number of ether oxygens (including phenoxy) is 1. The first kappa shape index (κ1) is 16.9. The number of nitrogens with zero attached hydrogens (tertiary/aromatic N) is 3. The van der Waals surface area contributed by atoms with Gasteiger partial charge in [-0.15, -0.1) is 0 Å². The molecule has 0 bridgehead atoms. The standard InChI is InChI=1S/C19H14BrN3O2/c1-12-3-5-13(6-4-12)18-22-19(25-23-18)15(11-21)9-14-10-16(20)7-8-17(14)24-2/h3-10H,1-2H3/b15-9+. The Morgan fingerprint density at radius 1 is 1.24 bits per heavy atom. The first-order valence-electron chi connectivity index (χ1n) is 7.47. The van der Waals surface area contributed by atoms with Crippen LogP contribution in [0.25, 0.3) is 23.0 Å². The van der Waals surface area contributed by atoms with Crippen LogP contribution >= 0.6 is 15.9 Å². The van der Waals surface area contributed by atoms with E-state index < -0.39 is 0 Å². The van der Waals surface area contributed by atoms with Gasteiger partial charge in [-0.3, -0.25) is 0 Å². The lowest BCUT2D eigenvalue weighted by molar-refractivity contribution is 0.409. The van der Waals surface area contributed by atoms with Gasteiger partial charge in [-0.25, -0.2) is 0 Å². The van der Waals surface area contributed by atoms with Gasteiger partial charge < -0.3 is 9.26 Å². The molecule has 0 aliphatic heterocycles. The number of hydrogen-bond acceptors (Lipinski definition) is 5. The lowest BCUT2D eigenvalue weighted by atomic mass is 10.1. The van der Waals surface area contributed by atoms with Gasteiger partial charge in [0.25, 0.3) is 5.89 Å². The maximum absolute atomic E-state index is 9.49. The maximum Gasteiger partial charge on any atom is 0.268 e. The minimum atomic E-state index is 0.167. The van der Waals surface area contributed by atoms with Crippen molar-refractivity contribution in [3.05, 3.63) is 64.0 Å². The molecule has 1 aromatic heterocycles. The summed E-state index contributed by atoms with van der Waals surface area (Å²) in [5.74, 6) is 1.26. The molecule has 0 aliphatic carbocycles. The normalized spacial score (nSPS) is 11.2. The molecular weight excluding hydrogens is 382 g/mol. The highest BCUT2D eigenvalue weighted by molar-refractivity contribution is 9.10. The van der Waals surface area contributed by atoms with E-state index in [1.165, 1.54) is 0 Å². The second-order valence-corrected chi connectivity index (χ2v) is 6.26. The SMILES string of the molecule is COc1ccc(Br)cc1/C=C(\C#N)c1nc(-c2ccc(C)cc2)no1. The third-order valence-corrected chi connectivity index (χ3v) is 4.07. The third kappa shape index (κ3) is 3.78. The first-order chi connectivity index (χ1) is 12.1. The average Bonchev–Trinajstić information content (AvgIpc) is 3.10. The number of allylic oxidation sites excluding steroid dienone is 1. The Morgan fingerprint density at radius 2 is 2.00 bits per heavy atom. The summed E-state index contributed by atoms with van der Waals surface area (Å²) in [6, 6.07) is 15.4. The second kappa shape index (κ2) is 7.32. The van der Waals surface area contributed by atoms with Gasteiger partial charge in [0.2, 0.25) is 5.82 Å². The quantitative estimate of drug-likeness (QED) is 0.588. The maximum atomic E-state index is 9.49. The molecule has 0 spiro atoms. The Morgan fingerprint density at radius 3 is 2.68 bits per heavy atom. The zero-order valence-corrected chi connectivity index (χ0v) is 15.2. The van der Waals surface area contributed by atoms with Crippen molar-refractivity contribution in [2.24, 2.45) is 0 Å². The summed E-state index contributed by atoms with van der Waals surface area (Å²) in [7, 11) is 1.58. The molecule has 0 radical (unpaired) electrons. The molecule has 3 aromatic rings. The number of methoxy groups -OCH3 is 1. The van der Waals surface area contributed by atoms with Crippen LogP contribution in [0.3, 0.4) is 0 Å². The van der Waals surface area contributed by atoms with Gasteiger partial charge in [0.1, 0.15) is 17.4 Å². The summed E-state index contributed by atoms with van der Waals surface area (Å²) in [6.45, 7) is 2.01. The van der Waals surface area contributed by atoms with Crippen molar-refractivity contribution in [1.29, 1.82) is 5.26 Å². The van der Waals surface area contributed by atoms with Gasteiger partial charge in [0.05, 0.1) is 7.11 Å². The number of hydrogen-bond donors (Lipinski definition) is 0. The lowest BCUT2D eigenvalue weighted by Crippen LogP contribution is -1.89. The van der Waals surface area contributed by atoms with Crippen LogP contribution in [0.2, 0.25) is 0 Å². The van der Waals surface area contributed by atoms with Gasteiger partial charge in [-0.2, -0.15) is 10.2 Å². The Kier molecular flexibility index (Phi) is 4.96. The minimum Gasteiger partial charge on any atom is -0.496 e. The Bertz CT molecular complexity index is 969. The monoisotopic (exact) mass is 395 g/mol. The number of rotatable bonds is 4. The van der Waals surface area contributed by atoms with E-state index in [-0.39, 0.29) is 11.5 Å². The van der Waals surface area contributed by atoms with Crippen molar-refractivity contribution in [3.63, 3.8) is 0 Å². The zero-order valence-electron chi connectivity index (χ0n) is 13.7. The summed E-state index contributed by atoms with van der Waals surface area (Å²) < 4.78 is 11.5. The van der Waals surface area contributed by atoms with E-state index in [0.29, 0.717) is 11.6 Å². The van der Waals surface area contributed by atoms with Crippen LogP contribution in [0.4, 0.5) is 0 Å². The Hall–Kier alpha value is -2.91. The molecule has 0 saturated carbocycles. The van der Waals surface area contributed by atoms with Crippen molar-refractivity contribution in [3.8, 4) is 23.2 Å². The fourth-order valence-electron chi connectivity index (χ4n) is 2.27. The van der Waals surface area contributed by atoms with Crippen LogP contribution in [0, 0.1) is 18.3 Å². The van der Waals surface area contributed by atoms with Gasteiger partial charge >= 0.3 is 0 Å². The van der Waals surface area contributed by atoms with Crippen molar-refractivity contribution in [2.45, 2.75) is 6.92 Å². The summed E-state index contributed by atoms with van der Waals surface area (Å²) >= 11 is 3.41. The smallest absolute Gasteiger partial charge is 0.268 e. The van der Waals surface area contributed by atoms with Crippen LogP contribution in [-0.4, -0.2) is 17.3 Å². The molecule has 0 fully saturated rings. The largest absolute Gasteiger partial charge is 0.496 e. The Balaban J connectivity index is 1.99. The number of halogens is 1. The van der Waals surface area contributed by atoms with Crippen LogP contribution in [0.1, 0.15) is 17.0 Å². The molecule has 0 N–H and O–H groups in total. The molecule has 3 rings (SSSR count). The van der Waals surface area contributed by atoms with E-state index in [0.717, 1.165) is 21.2 Å². The van der Waals surface area contributed by atoms with Crippen LogP contribution in [0.5, 0.6) is 5.75 Å². The molecule has 0 unspecified atom stereocenters. The fraction of sp³-hybridized carbons (Fsp3) is 0.105. The van der Waals surface area contributed by atoms with Crippen molar-refractivity contribution in [2.75, 3.05) is 7.11 Å². The molecule has 0 amide bonds. The molecule has 25 heavy (non-hydrogen) atoms. The molecule has 6 heteroatoms. The van der Waals surface area contributed by atoms with Gasteiger partial charge in [-0.1, -0.05) is 50.9 Å².